The molecule has 1 aromatic carbocycles. The molecule has 2 nitrogen and oxygen atoms in total. The summed E-state index contributed by atoms with van der Waals surface area (Å²) in [5, 5.41) is 1.28. The molecule has 3 rings (SSSR count). The van der Waals surface area contributed by atoms with Crippen molar-refractivity contribution in [3.05, 3.63) is 48.3 Å². The lowest BCUT2D eigenvalue weighted by Crippen LogP contribution is -1.98. The van der Waals surface area contributed by atoms with Crippen molar-refractivity contribution in [2.24, 2.45) is 4.99 Å². The highest BCUT2D eigenvalue weighted by molar-refractivity contribution is 5.91. The highest BCUT2D eigenvalue weighted by Gasteiger charge is 2.05. The third-order valence-corrected chi connectivity index (χ3v) is 2.53. The van der Waals surface area contributed by atoms with Gasteiger partial charge in [0.1, 0.15) is 0 Å². The van der Waals surface area contributed by atoms with Gasteiger partial charge in [-0.25, -0.2) is 0 Å². The van der Waals surface area contributed by atoms with Gasteiger partial charge in [0, 0.05) is 23.6 Å². The quantitative estimate of drug-likeness (QED) is 0.596. The van der Waals surface area contributed by atoms with Crippen LogP contribution >= 0.6 is 0 Å². The van der Waals surface area contributed by atoms with Gasteiger partial charge in [-0.3, -0.25) is 4.99 Å². The Morgan fingerprint density at radius 3 is 3.14 bits per heavy atom. The molecule has 2 heterocycles. The number of benzene rings is 1. The SMILES string of the molecule is C1=CN=Cc2cc3ccccc3n2C1. The largest absolute Gasteiger partial charge is 0.336 e. The summed E-state index contributed by atoms with van der Waals surface area (Å²) >= 11 is 0. The predicted octanol–water partition coefficient (Wildman–Crippen LogP) is 2.59. The van der Waals surface area contributed by atoms with Crippen LogP contribution in [-0.2, 0) is 6.54 Å². The number of allylic oxidation sites excluding steroid dienone is 1. The second kappa shape index (κ2) is 2.84. The highest BCUT2D eigenvalue weighted by Crippen LogP contribution is 2.19. The number of nitrogens with zero attached hydrogens (tertiary/aromatic N) is 2. The standard InChI is InChI=1S/C12H10N2/c1-2-5-12-10(4-1)8-11-9-13-6-3-7-14(11)12/h1-6,8-9H,7H2. The van der Waals surface area contributed by atoms with Crippen LogP contribution in [0.3, 0.4) is 0 Å². The second-order valence-electron chi connectivity index (χ2n) is 3.40. The molecule has 0 saturated carbocycles. The van der Waals surface area contributed by atoms with Gasteiger partial charge in [-0.15, -0.1) is 0 Å². The summed E-state index contributed by atoms with van der Waals surface area (Å²) in [7, 11) is 0. The first-order valence-corrected chi connectivity index (χ1v) is 4.71. The molecule has 0 amide bonds. The van der Waals surface area contributed by atoms with Crippen molar-refractivity contribution in [3.8, 4) is 0 Å². The Morgan fingerprint density at radius 2 is 2.14 bits per heavy atom. The number of aromatic nitrogens is 1. The number of hydrogen-bond acceptors (Lipinski definition) is 1. The van der Waals surface area contributed by atoms with Crippen molar-refractivity contribution in [2.75, 3.05) is 0 Å². The molecule has 0 radical (unpaired) electrons. The first-order chi connectivity index (χ1) is 6.95. The molecular weight excluding hydrogens is 172 g/mol. The van der Waals surface area contributed by atoms with Crippen LogP contribution in [0, 0.1) is 0 Å². The van der Waals surface area contributed by atoms with E-state index in [4.69, 9.17) is 0 Å². The van der Waals surface area contributed by atoms with Crippen LogP contribution in [0.4, 0.5) is 0 Å². The van der Waals surface area contributed by atoms with Crippen molar-refractivity contribution < 1.29 is 0 Å². The average Bonchev–Trinajstić information content (AvgIpc) is 2.42. The Balaban J connectivity index is 2.37. The topological polar surface area (TPSA) is 17.3 Å². The van der Waals surface area contributed by atoms with E-state index in [1.54, 1.807) is 0 Å². The number of para-hydroxylation sites is 1. The minimum absolute atomic E-state index is 0.906. The highest BCUT2D eigenvalue weighted by atomic mass is 15.0. The van der Waals surface area contributed by atoms with Gasteiger partial charge in [0.15, 0.2) is 0 Å². The van der Waals surface area contributed by atoms with E-state index in [1.807, 2.05) is 12.4 Å². The minimum Gasteiger partial charge on any atom is -0.336 e. The molecule has 0 aliphatic carbocycles. The van der Waals surface area contributed by atoms with E-state index in [1.165, 1.54) is 16.6 Å². The van der Waals surface area contributed by atoms with E-state index >= 15 is 0 Å². The summed E-state index contributed by atoms with van der Waals surface area (Å²) in [5.41, 5.74) is 2.46. The molecule has 0 unspecified atom stereocenters. The molecule has 1 aromatic heterocycles. The summed E-state index contributed by atoms with van der Waals surface area (Å²) in [6, 6.07) is 10.6. The van der Waals surface area contributed by atoms with Crippen LogP contribution in [0.15, 0.2) is 47.6 Å². The monoisotopic (exact) mass is 182 g/mol. The molecule has 0 bridgehead atoms. The maximum absolute atomic E-state index is 4.18. The van der Waals surface area contributed by atoms with Crippen LogP contribution in [0.25, 0.3) is 10.9 Å². The fraction of sp³-hybridized carbons (Fsp3) is 0.0833. The van der Waals surface area contributed by atoms with Gasteiger partial charge in [-0.05, 0) is 18.2 Å². The molecule has 0 saturated heterocycles. The van der Waals surface area contributed by atoms with Gasteiger partial charge in [0.2, 0.25) is 0 Å². The zero-order valence-electron chi connectivity index (χ0n) is 7.72. The summed E-state index contributed by atoms with van der Waals surface area (Å²) in [6.07, 6.45) is 5.82. The maximum atomic E-state index is 4.18. The summed E-state index contributed by atoms with van der Waals surface area (Å²) in [4.78, 5) is 4.18. The van der Waals surface area contributed by atoms with E-state index in [2.05, 4.69) is 46.0 Å². The number of fused-ring (bicyclic) bond motifs is 3. The van der Waals surface area contributed by atoms with Crippen molar-refractivity contribution in [1.82, 2.24) is 4.57 Å². The van der Waals surface area contributed by atoms with E-state index in [0.29, 0.717) is 0 Å². The molecule has 14 heavy (non-hydrogen) atoms. The van der Waals surface area contributed by atoms with E-state index < -0.39 is 0 Å². The summed E-state index contributed by atoms with van der Waals surface area (Å²) in [5.74, 6) is 0. The fourth-order valence-corrected chi connectivity index (χ4v) is 1.88. The Hall–Kier alpha value is -1.83. The molecule has 1 aliphatic rings. The van der Waals surface area contributed by atoms with Crippen LogP contribution in [0.2, 0.25) is 0 Å². The molecule has 0 atom stereocenters. The average molecular weight is 182 g/mol. The summed E-state index contributed by atoms with van der Waals surface area (Å²) < 4.78 is 2.27. The smallest absolute Gasteiger partial charge is 0.0606 e. The zero-order chi connectivity index (χ0) is 9.38. The fourth-order valence-electron chi connectivity index (χ4n) is 1.88. The molecule has 0 fully saturated rings. The van der Waals surface area contributed by atoms with Crippen molar-refractivity contribution in [3.63, 3.8) is 0 Å². The number of rotatable bonds is 0. The second-order valence-corrected chi connectivity index (χ2v) is 3.40. The third kappa shape index (κ3) is 1.01. The molecule has 0 N–H and O–H groups in total. The van der Waals surface area contributed by atoms with Gasteiger partial charge in [0.25, 0.3) is 0 Å². The van der Waals surface area contributed by atoms with Gasteiger partial charge in [0.05, 0.1) is 11.9 Å². The van der Waals surface area contributed by atoms with E-state index in [0.717, 1.165) is 6.54 Å². The van der Waals surface area contributed by atoms with Gasteiger partial charge >= 0.3 is 0 Å². The van der Waals surface area contributed by atoms with E-state index in [9.17, 15) is 0 Å². The van der Waals surface area contributed by atoms with Crippen LogP contribution in [-0.4, -0.2) is 10.8 Å². The van der Waals surface area contributed by atoms with Gasteiger partial charge in [-0.2, -0.15) is 0 Å². The molecule has 68 valence electrons. The Kier molecular flexibility index (Phi) is 1.53. The lowest BCUT2D eigenvalue weighted by atomic mass is 10.2. The third-order valence-electron chi connectivity index (χ3n) is 2.53. The predicted molar refractivity (Wildman–Crippen MR) is 58.7 cm³/mol. The zero-order valence-corrected chi connectivity index (χ0v) is 7.72. The van der Waals surface area contributed by atoms with Crippen LogP contribution in [0.1, 0.15) is 5.69 Å². The Morgan fingerprint density at radius 1 is 1.21 bits per heavy atom. The normalized spacial score (nSPS) is 14.3. The van der Waals surface area contributed by atoms with E-state index in [-0.39, 0.29) is 0 Å². The van der Waals surface area contributed by atoms with Gasteiger partial charge in [-0.1, -0.05) is 18.2 Å². The molecule has 1 aliphatic heterocycles. The lowest BCUT2D eigenvalue weighted by molar-refractivity contribution is 0.860. The minimum atomic E-state index is 0.906. The van der Waals surface area contributed by atoms with Crippen molar-refractivity contribution >= 4 is 17.1 Å². The maximum Gasteiger partial charge on any atom is 0.0606 e. The van der Waals surface area contributed by atoms with Crippen molar-refractivity contribution in [1.29, 1.82) is 0 Å². The first-order valence-electron chi connectivity index (χ1n) is 4.71. The lowest BCUT2D eigenvalue weighted by Gasteiger charge is -2.02. The summed E-state index contributed by atoms with van der Waals surface area (Å²) in [6.45, 7) is 0.906. The molecule has 2 heteroatoms. The Bertz CT molecular complexity index is 532. The van der Waals surface area contributed by atoms with Gasteiger partial charge < -0.3 is 4.57 Å². The van der Waals surface area contributed by atoms with Crippen LogP contribution < -0.4 is 0 Å². The Labute approximate surface area is 82.2 Å². The van der Waals surface area contributed by atoms with Crippen molar-refractivity contribution in [2.45, 2.75) is 6.54 Å². The molecule has 0 spiro atoms. The number of hydrogen-bond donors (Lipinski definition) is 0. The molecular formula is C12H10N2. The van der Waals surface area contributed by atoms with Crippen LogP contribution in [0.5, 0.6) is 0 Å². The first kappa shape index (κ1) is 7.56. The molecule has 2 aromatic rings. The number of aliphatic imine (C=N–C) groups is 1.